The van der Waals surface area contributed by atoms with E-state index in [2.05, 4.69) is 0 Å². The van der Waals surface area contributed by atoms with Crippen LogP contribution in [0.5, 0.6) is 0 Å². The van der Waals surface area contributed by atoms with Crippen LogP contribution in [0.2, 0.25) is 0 Å². The second-order valence-corrected chi connectivity index (χ2v) is 4.37. The SMILES string of the molecule is CCOC(=O)C(C)(N)CSCCCO. The molecule has 0 bridgehead atoms. The summed E-state index contributed by atoms with van der Waals surface area (Å²) in [4.78, 5) is 11.3. The van der Waals surface area contributed by atoms with Crippen molar-refractivity contribution in [1.82, 2.24) is 0 Å². The third kappa shape index (κ3) is 5.47. The average molecular weight is 221 g/mol. The average Bonchev–Trinajstić information content (AvgIpc) is 2.13. The van der Waals surface area contributed by atoms with Gasteiger partial charge in [-0.2, -0.15) is 11.8 Å². The minimum Gasteiger partial charge on any atom is -0.465 e. The molecule has 1 atom stereocenters. The van der Waals surface area contributed by atoms with Gasteiger partial charge >= 0.3 is 5.97 Å². The maximum absolute atomic E-state index is 11.3. The van der Waals surface area contributed by atoms with Gasteiger partial charge in [-0.25, -0.2) is 0 Å². The number of rotatable bonds is 7. The summed E-state index contributed by atoms with van der Waals surface area (Å²) in [5.41, 5.74) is 4.85. The monoisotopic (exact) mass is 221 g/mol. The maximum atomic E-state index is 11.3. The highest BCUT2D eigenvalue weighted by atomic mass is 32.2. The van der Waals surface area contributed by atoms with Crippen molar-refractivity contribution in [3.05, 3.63) is 0 Å². The molecule has 1 unspecified atom stereocenters. The summed E-state index contributed by atoms with van der Waals surface area (Å²) in [6.45, 7) is 3.95. The molecule has 0 saturated heterocycles. The predicted molar refractivity (Wildman–Crippen MR) is 58.3 cm³/mol. The van der Waals surface area contributed by atoms with Crippen LogP contribution in [-0.4, -0.2) is 41.3 Å². The van der Waals surface area contributed by atoms with Gasteiger partial charge in [-0.3, -0.25) is 4.79 Å². The minimum absolute atomic E-state index is 0.174. The van der Waals surface area contributed by atoms with Crippen LogP contribution in [0.15, 0.2) is 0 Å². The third-order valence-corrected chi connectivity index (χ3v) is 2.97. The molecule has 0 rings (SSSR count). The van der Waals surface area contributed by atoms with E-state index in [-0.39, 0.29) is 12.6 Å². The van der Waals surface area contributed by atoms with Crippen LogP contribution in [0, 0.1) is 0 Å². The van der Waals surface area contributed by atoms with E-state index < -0.39 is 5.54 Å². The number of carbonyl (C=O) groups is 1. The molecule has 0 fully saturated rings. The Morgan fingerprint density at radius 2 is 2.29 bits per heavy atom. The number of carbonyl (C=O) groups excluding carboxylic acids is 1. The number of esters is 1. The first-order valence-corrected chi connectivity index (χ1v) is 5.84. The van der Waals surface area contributed by atoms with Gasteiger partial charge in [0.1, 0.15) is 5.54 Å². The summed E-state index contributed by atoms with van der Waals surface area (Å²) in [5, 5.41) is 8.55. The number of aliphatic hydroxyl groups excluding tert-OH is 1. The van der Waals surface area contributed by atoms with Gasteiger partial charge in [0.15, 0.2) is 0 Å². The van der Waals surface area contributed by atoms with Gasteiger partial charge in [0.05, 0.1) is 6.61 Å². The zero-order chi connectivity index (χ0) is 11.0. The highest BCUT2D eigenvalue weighted by Gasteiger charge is 2.29. The Bertz CT molecular complexity index is 173. The molecule has 3 N–H and O–H groups in total. The van der Waals surface area contributed by atoms with Gasteiger partial charge in [-0.1, -0.05) is 0 Å². The van der Waals surface area contributed by atoms with Crippen molar-refractivity contribution in [2.75, 3.05) is 24.7 Å². The van der Waals surface area contributed by atoms with Gasteiger partial charge < -0.3 is 15.6 Å². The van der Waals surface area contributed by atoms with Crippen molar-refractivity contribution >= 4 is 17.7 Å². The summed E-state index contributed by atoms with van der Waals surface area (Å²) < 4.78 is 4.84. The lowest BCUT2D eigenvalue weighted by molar-refractivity contribution is -0.148. The Balaban J connectivity index is 3.76. The Labute approximate surface area is 89.2 Å². The van der Waals surface area contributed by atoms with E-state index in [9.17, 15) is 4.79 Å². The molecule has 0 aliphatic rings. The number of hydrogen-bond donors (Lipinski definition) is 2. The van der Waals surface area contributed by atoms with Crippen LogP contribution in [0.3, 0.4) is 0 Å². The molecule has 0 amide bonds. The summed E-state index contributed by atoms with van der Waals surface area (Å²) >= 11 is 1.55. The first-order valence-electron chi connectivity index (χ1n) is 4.69. The number of hydrogen-bond acceptors (Lipinski definition) is 5. The zero-order valence-corrected chi connectivity index (χ0v) is 9.60. The number of ether oxygens (including phenoxy) is 1. The Morgan fingerprint density at radius 1 is 1.64 bits per heavy atom. The lowest BCUT2D eigenvalue weighted by Gasteiger charge is -2.21. The summed E-state index contributed by atoms with van der Waals surface area (Å²) in [5.74, 6) is 0.964. The number of aliphatic hydroxyl groups is 1. The zero-order valence-electron chi connectivity index (χ0n) is 8.78. The van der Waals surface area contributed by atoms with Crippen LogP contribution in [-0.2, 0) is 9.53 Å². The van der Waals surface area contributed by atoms with Crippen LogP contribution in [0.4, 0.5) is 0 Å². The van der Waals surface area contributed by atoms with Crippen molar-refractivity contribution in [3.63, 3.8) is 0 Å². The van der Waals surface area contributed by atoms with E-state index >= 15 is 0 Å². The standard InChI is InChI=1S/C9H19NO3S/c1-3-13-8(12)9(2,10)7-14-6-4-5-11/h11H,3-7,10H2,1-2H3. The van der Waals surface area contributed by atoms with Crippen molar-refractivity contribution in [2.24, 2.45) is 5.73 Å². The van der Waals surface area contributed by atoms with Gasteiger partial charge in [0.25, 0.3) is 0 Å². The fourth-order valence-electron chi connectivity index (χ4n) is 0.806. The van der Waals surface area contributed by atoms with Gasteiger partial charge in [0, 0.05) is 12.4 Å². The fraction of sp³-hybridized carbons (Fsp3) is 0.889. The number of thioether (sulfide) groups is 1. The van der Waals surface area contributed by atoms with E-state index in [1.54, 1.807) is 25.6 Å². The molecule has 0 aromatic rings. The quantitative estimate of drug-likeness (QED) is 0.480. The molecule has 0 aliphatic carbocycles. The van der Waals surface area contributed by atoms with Crippen molar-refractivity contribution in [1.29, 1.82) is 0 Å². The lowest BCUT2D eigenvalue weighted by Crippen LogP contribution is -2.48. The molecular formula is C9H19NO3S. The largest absolute Gasteiger partial charge is 0.465 e. The first kappa shape index (κ1) is 13.7. The molecule has 0 radical (unpaired) electrons. The highest BCUT2D eigenvalue weighted by Crippen LogP contribution is 2.13. The van der Waals surface area contributed by atoms with Crippen LogP contribution in [0.1, 0.15) is 20.3 Å². The van der Waals surface area contributed by atoms with Gasteiger partial charge in [-0.05, 0) is 26.0 Å². The molecule has 0 saturated carbocycles. The van der Waals surface area contributed by atoms with E-state index in [0.717, 1.165) is 12.2 Å². The third-order valence-electron chi connectivity index (χ3n) is 1.59. The molecule has 0 heterocycles. The van der Waals surface area contributed by atoms with E-state index in [1.807, 2.05) is 0 Å². The second-order valence-electron chi connectivity index (χ2n) is 3.27. The van der Waals surface area contributed by atoms with Crippen molar-refractivity contribution < 1.29 is 14.6 Å². The van der Waals surface area contributed by atoms with E-state index in [4.69, 9.17) is 15.6 Å². The molecule has 0 aliphatic heterocycles. The summed E-state index contributed by atoms with van der Waals surface area (Å²) in [6.07, 6.45) is 0.726. The smallest absolute Gasteiger partial charge is 0.326 e. The van der Waals surface area contributed by atoms with Crippen LogP contribution in [0.25, 0.3) is 0 Å². The molecule has 4 nitrogen and oxygen atoms in total. The molecular weight excluding hydrogens is 202 g/mol. The minimum atomic E-state index is -0.921. The summed E-state index contributed by atoms with van der Waals surface area (Å²) in [6, 6.07) is 0. The Kier molecular flexibility index (Phi) is 6.96. The van der Waals surface area contributed by atoms with Gasteiger partial charge in [-0.15, -0.1) is 0 Å². The highest BCUT2D eigenvalue weighted by molar-refractivity contribution is 7.99. The molecule has 5 heteroatoms. The first-order chi connectivity index (χ1) is 6.54. The van der Waals surface area contributed by atoms with E-state index in [0.29, 0.717) is 12.4 Å². The van der Waals surface area contributed by atoms with Crippen LogP contribution < -0.4 is 5.73 Å². The number of nitrogens with two attached hydrogens (primary N) is 1. The van der Waals surface area contributed by atoms with Crippen molar-refractivity contribution in [2.45, 2.75) is 25.8 Å². The van der Waals surface area contributed by atoms with Crippen LogP contribution >= 0.6 is 11.8 Å². The summed E-state index contributed by atoms with van der Waals surface area (Å²) in [7, 11) is 0. The Morgan fingerprint density at radius 3 is 2.79 bits per heavy atom. The Hall–Kier alpha value is -0.260. The fourth-order valence-corrected chi connectivity index (χ4v) is 1.83. The predicted octanol–water partition coefficient (Wildman–Crippen LogP) is 0.382. The molecule has 0 spiro atoms. The second kappa shape index (κ2) is 7.09. The van der Waals surface area contributed by atoms with E-state index in [1.165, 1.54) is 0 Å². The topological polar surface area (TPSA) is 72.5 Å². The lowest BCUT2D eigenvalue weighted by atomic mass is 10.1. The molecule has 84 valence electrons. The maximum Gasteiger partial charge on any atom is 0.326 e. The normalized spacial score (nSPS) is 14.9. The molecule has 0 aromatic carbocycles. The molecule has 0 aromatic heterocycles. The molecule has 14 heavy (non-hydrogen) atoms. The van der Waals surface area contributed by atoms with Gasteiger partial charge in [0.2, 0.25) is 0 Å². The van der Waals surface area contributed by atoms with Crippen molar-refractivity contribution in [3.8, 4) is 0 Å².